The molecule has 1 aliphatic rings. The Morgan fingerprint density at radius 1 is 1.42 bits per heavy atom. The first-order valence-electron chi connectivity index (χ1n) is 7.43. The van der Waals surface area contributed by atoms with Crippen LogP contribution in [0.4, 0.5) is 0 Å². The van der Waals surface area contributed by atoms with E-state index in [-0.39, 0.29) is 0 Å². The predicted molar refractivity (Wildman–Crippen MR) is 80.9 cm³/mol. The zero-order valence-electron chi connectivity index (χ0n) is 12.8. The van der Waals surface area contributed by atoms with Crippen LogP contribution >= 0.6 is 0 Å². The number of benzene rings is 1. The summed E-state index contributed by atoms with van der Waals surface area (Å²) >= 11 is 0. The monoisotopic (exact) mass is 261 g/mol. The summed E-state index contributed by atoms with van der Waals surface area (Å²) in [4.78, 5) is 0. The number of hydrogen-bond donors (Lipinski definition) is 1. The maximum atomic E-state index is 5.51. The normalized spacial score (nSPS) is 26.6. The highest BCUT2D eigenvalue weighted by Gasteiger charge is 2.35. The summed E-state index contributed by atoms with van der Waals surface area (Å²) in [6.07, 6.45) is 5.01. The number of ether oxygens (including phenoxy) is 1. The minimum atomic E-state index is 0.411. The summed E-state index contributed by atoms with van der Waals surface area (Å²) in [5.74, 6) is 1.04. The molecular formula is C17H27NO. The van der Waals surface area contributed by atoms with Crippen LogP contribution in [0.25, 0.3) is 0 Å². The van der Waals surface area contributed by atoms with Crippen LogP contribution in [0.15, 0.2) is 18.2 Å². The number of methoxy groups -OCH3 is 1. The highest BCUT2D eigenvalue weighted by molar-refractivity contribution is 5.37. The average Bonchev–Trinajstić information content (AvgIpc) is 2.71. The second-order valence-electron chi connectivity index (χ2n) is 6.30. The van der Waals surface area contributed by atoms with E-state index >= 15 is 0 Å². The number of rotatable bonds is 5. The van der Waals surface area contributed by atoms with E-state index in [1.165, 1.54) is 30.4 Å². The third kappa shape index (κ3) is 3.50. The molecule has 1 aliphatic carbocycles. The van der Waals surface area contributed by atoms with Gasteiger partial charge in [0, 0.05) is 6.04 Å². The Morgan fingerprint density at radius 2 is 2.21 bits per heavy atom. The summed E-state index contributed by atoms with van der Waals surface area (Å²) in [6.45, 7) is 7.85. The fraction of sp³-hybridized carbons (Fsp3) is 0.647. The summed E-state index contributed by atoms with van der Waals surface area (Å²) in [6, 6.07) is 7.21. The molecule has 1 aromatic rings. The zero-order chi connectivity index (χ0) is 13.9. The van der Waals surface area contributed by atoms with Crippen molar-refractivity contribution in [3.63, 3.8) is 0 Å². The topological polar surface area (TPSA) is 21.3 Å². The van der Waals surface area contributed by atoms with Gasteiger partial charge in [0.15, 0.2) is 0 Å². The van der Waals surface area contributed by atoms with Crippen LogP contribution in [0.3, 0.4) is 0 Å². The van der Waals surface area contributed by atoms with Gasteiger partial charge in [-0.25, -0.2) is 0 Å². The van der Waals surface area contributed by atoms with E-state index in [4.69, 9.17) is 4.74 Å². The lowest BCUT2D eigenvalue weighted by Crippen LogP contribution is -2.28. The van der Waals surface area contributed by atoms with Crippen LogP contribution in [-0.2, 0) is 6.42 Å². The van der Waals surface area contributed by atoms with Gasteiger partial charge in [0.05, 0.1) is 7.11 Å². The first kappa shape index (κ1) is 14.4. The molecule has 2 nitrogen and oxygen atoms in total. The van der Waals surface area contributed by atoms with Crippen LogP contribution < -0.4 is 10.1 Å². The van der Waals surface area contributed by atoms with Crippen molar-refractivity contribution in [3.05, 3.63) is 29.3 Å². The molecule has 0 aromatic heterocycles. The molecule has 1 fully saturated rings. The Labute approximate surface area is 117 Å². The molecule has 0 saturated heterocycles. The molecule has 1 N–H and O–H groups in total. The fourth-order valence-corrected chi connectivity index (χ4v) is 3.45. The van der Waals surface area contributed by atoms with Crippen LogP contribution in [-0.4, -0.2) is 19.7 Å². The zero-order valence-corrected chi connectivity index (χ0v) is 12.8. The van der Waals surface area contributed by atoms with Gasteiger partial charge in [0.1, 0.15) is 5.75 Å². The van der Waals surface area contributed by atoms with Crippen molar-refractivity contribution in [2.45, 2.75) is 52.5 Å². The standard InChI is InChI=1S/C17H27NO/c1-5-18-15-8-9-17(3,12-15)11-14-10-13(2)6-7-16(14)19-4/h6-7,10,15,18H,5,8-9,11-12H2,1-4H3. The molecule has 2 atom stereocenters. The number of nitrogens with one attached hydrogen (secondary N) is 1. The molecule has 0 amide bonds. The van der Waals surface area contributed by atoms with E-state index < -0.39 is 0 Å². The van der Waals surface area contributed by atoms with E-state index in [0.717, 1.165) is 18.7 Å². The fourth-order valence-electron chi connectivity index (χ4n) is 3.45. The Bertz CT molecular complexity index is 429. The summed E-state index contributed by atoms with van der Waals surface area (Å²) in [5, 5.41) is 3.59. The Kier molecular flexibility index (Phi) is 4.51. The lowest BCUT2D eigenvalue weighted by Gasteiger charge is -2.25. The van der Waals surface area contributed by atoms with Gasteiger partial charge in [-0.05, 0) is 56.2 Å². The minimum Gasteiger partial charge on any atom is -0.496 e. The van der Waals surface area contributed by atoms with Gasteiger partial charge in [-0.15, -0.1) is 0 Å². The van der Waals surface area contributed by atoms with Crippen LogP contribution in [0.2, 0.25) is 0 Å². The molecule has 2 heteroatoms. The first-order valence-corrected chi connectivity index (χ1v) is 7.43. The molecule has 1 saturated carbocycles. The molecule has 1 aromatic carbocycles. The van der Waals surface area contributed by atoms with Gasteiger partial charge in [-0.1, -0.05) is 31.5 Å². The van der Waals surface area contributed by atoms with Gasteiger partial charge in [0.2, 0.25) is 0 Å². The van der Waals surface area contributed by atoms with Crippen molar-refractivity contribution in [3.8, 4) is 5.75 Å². The first-order chi connectivity index (χ1) is 9.06. The molecule has 19 heavy (non-hydrogen) atoms. The Hall–Kier alpha value is -1.02. The SMILES string of the molecule is CCNC1CCC(C)(Cc2cc(C)ccc2OC)C1. The summed E-state index contributed by atoms with van der Waals surface area (Å²) in [7, 11) is 1.77. The summed E-state index contributed by atoms with van der Waals surface area (Å²) in [5.41, 5.74) is 3.09. The van der Waals surface area contributed by atoms with E-state index in [0.29, 0.717) is 11.5 Å². The van der Waals surface area contributed by atoms with Gasteiger partial charge in [-0.2, -0.15) is 0 Å². The second kappa shape index (κ2) is 5.96. The molecule has 2 rings (SSSR count). The average molecular weight is 261 g/mol. The van der Waals surface area contributed by atoms with Crippen molar-refractivity contribution in [1.82, 2.24) is 5.32 Å². The van der Waals surface area contributed by atoms with Gasteiger partial charge >= 0.3 is 0 Å². The molecule has 0 heterocycles. The molecule has 0 aliphatic heterocycles. The van der Waals surface area contributed by atoms with Gasteiger partial charge in [-0.3, -0.25) is 0 Å². The van der Waals surface area contributed by atoms with Crippen LogP contribution in [0.1, 0.15) is 44.2 Å². The van der Waals surface area contributed by atoms with Crippen LogP contribution in [0.5, 0.6) is 5.75 Å². The van der Waals surface area contributed by atoms with Crippen molar-refractivity contribution in [1.29, 1.82) is 0 Å². The third-order valence-electron chi connectivity index (χ3n) is 4.38. The Balaban J connectivity index is 2.10. The highest BCUT2D eigenvalue weighted by Crippen LogP contribution is 2.42. The minimum absolute atomic E-state index is 0.411. The number of hydrogen-bond acceptors (Lipinski definition) is 2. The molecule has 0 spiro atoms. The quantitative estimate of drug-likeness (QED) is 0.872. The lowest BCUT2D eigenvalue weighted by molar-refractivity contribution is 0.315. The lowest BCUT2D eigenvalue weighted by atomic mass is 9.81. The predicted octanol–water partition coefficient (Wildman–Crippen LogP) is 3.71. The number of aryl methyl sites for hydroxylation is 1. The molecular weight excluding hydrogens is 234 g/mol. The van der Waals surface area contributed by atoms with Crippen molar-refractivity contribution in [2.75, 3.05) is 13.7 Å². The third-order valence-corrected chi connectivity index (χ3v) is 4.38. The van der Waals surface area contributed by atoms with Crippen molar-refractivity contribution < 1.29 is 4.74 Å². The Morgan fingerprint density at radius 3 is 2.89 bits per heavy atom. The van der Waals surface area contributed by atoms with Gasteiger partial charge < -0.3 is 10.1 Å². The van der Waals surface area contributed by atoms with Crippen LogP contribution in [0, 0.1) is 12.3 Å². The largest absolute Gasteiger partial charge is 0.496 e. The highest BCUT2D eigenvalue weighted by atomic mass is 16.5. The second-order valence-corrected chi connectivity index (χ2v) is 6.30. The molecule has 0 radical (unpaired) electrons. The van der Waals surface area contributed by atoms with Crippen molar-refractivity contribution >= 4 is 0 Å². The molecule has 106 valence electrons. The van der Waals surface area contributed by atoms with Gasteiger partial charge in [0.25, 0.3) is 0 Å². The molecule has 0 bridgehead atoms. The molecule has 2 unspecified atom stereocenters. The maximum absolute atomic E-state index is 5.51. The maximum Gasteiger partial charge on any atom is 0.122 e. The smallest absolute Gasteiger partial charge is 0.122 e. The van der Waals surface area contributed by atoms with E-state index in [1.807, 2.05) is 0 Å². The van der Waals surface area contributed by atoms with E-state index in [2.05, 4.69) is 44.3 Å². The van der Waals surface area contributed by atoms with Crippen molar-refractivity contribution in [2.24, 2.45) is 5.41 Å². The summed E-state index contributed by atoms with van der Waals surface area (Å²) < 4.78 is 5.51. The van der Waals surface area contributed by atoms with E-state index in [9.17, 15) is 0 Å². The van der Waals surface area contributed by atoms with E-state index in [1.54, 1.807) is 7.11 Å².